The molecule has 0 radical (unpaired) electrons. The monoisotopic (exact) mass is 236 g/mol. The number of rotatable bonds is 4. The van der Waals surface area contributed by atoms with E-state index in [2.05, 4.69) is 5.11 Å². The second kappa shape index (κ2) is 5.32. The van der Waals surface area contributed by atoms with Gasteiger partial charge in [-0.25, -0.2) is 4.79 Å². The minimum atomic E-state index is -2.74. The van der Waals surface area contributed by atoms with Gasteiger partial charge in [0.2, 0.25) is 0 Å². The molecule has 0 unspecified atom stereocenters. The highest BCUT2D eigenvalue weighted by molar-refractivity contribution is 5.73. The summed E-state index contributed by atoms with van der Waals surface area (Å²) in [6.07, 6.45) is 0. The molecule has 92 valence electrons. The molecule has 0 bridgehead atoms. The molecule has 0 fully saturated rings. The van der Waals surface area contributed by atoms with Crippen LogP contribution in [0.1, 0.15) is 0 Å². The molecule has 0 aromatic heterocycles. The summed E-state index contributed by atoms with van der Waals surface area (Å²) in [5.41, 5.74) is -2.74. The van der Waals surface area contributed by atoms with Gasteiger partial charge in [0.05, 0.1) is 5.11 Å². The van der Waals surface area contributed by atoms with Gasteiger partial charge in [0.15, 0.2) is 13.2 Å². The van der Waals surface area contributed by atoms with Crippen LogP contribution < -0.4 is 0 Å². The zero-order valence-electron chi connectivity index (χ0n) is 8.73. The topological polar surface area (TPSA) is 142 Å². The second-order valence-corrected chi connectivity index (χ2v) is 3.11. The Bertz CT molecular complexity index is 310. The summed E-state index contributed by atoms with van der Waals surface area (Å²) in [5, 5.41) is 42.1. The minimum Gasteiger partial charge on any atom is -0.594 e. The molecule has 0 aliphatic rings. The molecular weight excluding hydrogens is 224 g/mol. The maximum atomic E-state index is 11.2. The van der Waals surface area contributed by atoms with E-state index in [1.165, 1.54) is 14.1 Å². The molecule has 2 amide bonds. The molecule has 10 nitrogen and oxygen atoms in total. The number of nitrogens with zero attached hydrogens (tertiary/aromatic N) is 4. The number of hydroxylamine groups is 1. The van der Waals surface area contributed by atoms with Gasteiger partial charge >= 0.3 is 11.7 Å². The van der Waals surface area contributed by atoms with Crippen LogP contribution in [0.4, 0.5) is 4.79 Å². The molecule has 10 heteroatoms. The molecule has 0 rings (SSSR count). The molecule has 16 heavy (non-hydrogen) atoms. The highest BCUT2D eigenvalue weighted by Crippen LogP contribution is 2.10. The highest BCUT2D eigenvalue weighted by atomic mass is 16.7. The summed E-state index contributed by atoms with van der Waals surface area (Å²) in [6, 6.07) is -1.04. The third-order valence-electron chi connectivity index (χ3n) is 1.76. The van der Waals surface area contributed by atoms with Crippen molar-refractivity contribution in [2.45, 2.75) is 5.66 Å². The van der Waals surface area contributed by atoms with Crippen LogP contribution in [0.15, 0.2) is 5.11 Å². The van der Waals surface area contributed by atoms with Gasteiger partial charge in [-0.2, -0.15) is 0 Å². The average Bonchev–Trinajstić information content (AvgIpc) is 2.19. The lowest BCUT2D eigenvalue weighted by Crippen LogP contribution is -2.53. The number of carbonyl (C=O) groups is 1. The van der Waals surface area contributed by atoms with Crippen LogP contribution in [0, 0.1) is 15.3 Å². The number of nitro groups is 1. The predicted octanol–water partition coefficient (Wildman–Crippen LogP) is -1.41. The first-order valence-corrected chi connectivity index (χ1v) is 4.08. The van der Waals surface area contributed by atoms with Crippen LogP contribution in [-0.2, 0) is 0 Å². The van der Waals surface area contributed by atoms with Gasteiger partial charge in [0.1, 0.15) is 4.92 Å². The van der Waals surface area contributed by atoms with Crippen molar-refractivity contribution < 1.29 is 24.8 Å². The third-order valence-corrected chi connectivity index (χ3v) is 1.76. The second-order valence-electron chi connectivity index (χ2n) is 3.11. The SMILES string of the molecule is CN(C)C(=O)N=[N+]([O-])C(CO)(CO)[N+](=O)[O-]. The molecule has 0 saturated heterocycles. The Labute approximate surface area is 90.1 Å². The molecule has 0 aliphatic carbocycles. The smallest absolute Gasteiger partial charge is 0.483 e. The summed E-state index contributed by atoms with van der Waals surface area (Å²) in [5.74, 6) is 0. The van der Waals surface area contributed by atoms with E-state index in [4.69, 9.17) is 10.2 Å². The number of azo groups is 1. The van der Waals surface area contributed by atoms with Crippen molar-refractivity contribution in [1.82, 2.24) is 4.90 Å². The van der Waals surface area contributed by atoms with Crippen LogP contribution in [-0.4, -0.2) is 63.9 Å². The minimum absolute atomic E-state index is 0.602. The predicted molar refractivity (Wildman–Crippen MR) is 49.0 cm³/mol. The summed E-state index contributed by atoms with van der Waals surface area (Å²) in [7, 11) is 2.57. The van der Waals surface area contributed by atoms with Gasteiger partial charge in [0, 0.05) is 14.1 Å². The van der Waals surface area contributed by atoms with E-state index in [0.29, 0.717) is 0 Å². The normalized spacial score (nSPS) is 12.4. The zero-order valence-corrected chi connectivity index (χ0v) is 8.73. The van der Waals surface area contributed by atoms with E-state index in [1.807, 2.05) is 0 Å². The van der Waals surface area contributed by atoms with Gasteiger partial charge < -0.3 is 20.3 Å². The molecule has 0 spiro atoms. The summed E-state index contributed by atoms with van der Waals surface area (Å²) >= 11 is 0. The Morgan fingerprint density at radius 1 is 1.38 bits per heavy atom. The third kappa shape index (κ3) is 2.61. The van der Waals surface area contributed by atoms with Crippen LogP contribution in [0.25, 0.3) is 0 Å². The Kier molecular flexibility index (Phi) is 4.72. The van der Waals surface area contributed by atoms with Crippen molar-refractivity contribution >= 4 is 6.03 Å². The summed E-state index contributed by atoms with van der Waals surface area (Å²) < 4.78 is 0. The van der Waals surface area contributed by atoms with E-state index in [0.717, 1.165) is 4.90 Å². The van der Waals surface area contributed by atoms with E-state index in [1.54, 1.807) is 0 Å². The summed E-state index contributed by atoms with van der Waals surface area (Å²) in [6.45, 7) is -2.55. The Balaban J connectivity index is 5.25. The Hall–Kier alpha value is -1.81. The number of carbonyl (C=O) groups excluding carboxylic acids is 1. The van der Waals surface area contributed by atoms with Crippen molar-refractivity contribution in [1.29, 1.82) is 0 Å². The van der Waals surface area contributed by atoms with E-state index >= 15 is 0 Å². The van der Waals surface area contributed by atoms with Crippen LogP contribution in [0.5, 0.6) is 0 Å². The fraction of sp³-hybridized carbons (Fsp3) is 0.833. The molecule has 0 aromatic rings. The van der Waals surface area contributed by atoms with E-state index < -0.39 is 34.7 Å². The Morgan fingerprint density at radius 3 is 2.06 bits per heavy atom. The van der Waals surface area contributed by atoms with Crippen molar-refractivity contribution in [2.75, 3.05) is 27.3 Å². The van der Waals surface area contributed by atoms with Gasteiger partial charge in [-0.05, 0) is 4.86 Å². The zero-order chi connectivity index (χ0) is 12.9. The lowest BCUT2D eigenvalue weighted by Gasteiger charge is -2.16. The van der Waals surface area contributed by atoms with Crippen molar-refractivity contribution in [2.24, 2.45) is 5.11 Å². The number of aliphatic hydroxyl groups excluding tert-OH is 2. The van der Waals surface area contributed by atoms with Crippen LogP contribution in [0.2, 0.25) is 0 Å². The number of amides is 2. The van der Waals surface area contributed by atoms with Gasteiger partial charge in [-0.1, -0.05) is 0 Å². The van der Waals surface area contributed by atoms with Crippen molar-refractivity contribution in [3.63, 3.8) is 0 Å². The highest BCUT2D eigenvalue weighted by Gasteiger charge is 2.53. The first-order chi connectivity index (χ1) is 7.31. The molecular formula is C6H12N4O6. The van der Waals surface area contributed by atoms with Crippen LogP contribution in [0.3, 0.4) is 0 Å². The largest absolute Gasteiger partial charge is 0.594 e. The van der Waals surface area contributed by atoms with Gasteiger partial charge in [-0.3, -0.25) is 10.1 Å². The van der Waals surface area contributed by atoms with Gasteiger partial charge in [-0.15, -0.1) is 0 Å². The standard InChI is InChI=1S/C6H12N4O6/c1-8(2)5(13)7-9(14)6(3-11,4-12)10(15)16/h11-12H,3-4H2,1-2H3. The number of hydrogen-bond acceptors (Lipinski definition) is 6. The first kappa shape index (κ1) is 14.2. The van der Waals surface area contributed by atoms with E-state index in [-0.39, 0.29) is 0 Å². The molecule has 0 aromatic carbocycles. The Morgan fingerprint density at radius 2 is 1.81 bits per heavy atom. The number of hydrogen-bond donors (Lipinski definition) is 2. The molecule has 0 aliphatic heterocycles. The van der Waals surface area contributed by atoms with E-state index in [9.17, 15) is 20.1 Å². The molecule has 2 N–H and O–H groups in total. The maximum absolute atomic E-state index is 11.2. The van der Waals surface area contributed by atoms with Crippen molar-refractivity contribution in [3.8, 4) is 0 Å². The number of aliphatic hydroxyl groups is 2. The first-order valence-electron chi connectivity index (χ1n) is 4.08. The molecule has 0 heterocycles. The lowest BCUT2D eigenvalue weighted by molar-refractivity contribution is -0.816. The average molecular weight is 236 g/mol. The van der Waals surface area contributed by atoms with Crippen LogP contribution >= 0.6 is 0 Å². The number of urea groups is 1. The molecule has 0 saturated carbocycles. The van der Waals surface area contributed by atoms with Crippen molar-refractivity contribution in [3.05, 3.63) is 15.3 Å². The molecule has 0 atom stereocenters. The fourth-order valence-electron chi connectivity index (χ4n) is 0.617. The fourth-order valence-corrected chi connectivity index (χ4v) is 0.617. The maximum Gasteiger partial charge on any atom is 0.483 e. The quantitative estimate of drug-likeness (QED) is 0.202. The summed E-state index contributed by atoms with van der Waals surface area (Å²) in [4.78, 5) is 20.6. The lowest BCUT2D eigenvalue weighted by atomic mass is 10.2. The van der Waals surface area contributed by atoms with Gasteiger partial charge in [0.25, 0.3) is 0 Å².